The maximum absolute atomic E-state index is 11.1. The summed E-state index contributed by atoms with van der Waals surface area (Å²) in [6, 6.07) is 10.6. The second-order valence-electron chi connectivity index (χ2n) is 5.58. The highest BCUT2D eigenvalue weighted by Crippen LogP contribution is 2.32. The fraction of sp³-hybridized carbons (Fsp3) is 0.438. The predicted molar refractivity (Wildman–Crippen MR) is 84.3 cm³/mol. The molecule has 4 heteroatoms. The molecule has 1 aromatic carbocycles. The topological polar surface area (TPSA) is 40.5 Å². The first-order valence-electron chi connectivity index (χ1n) is 6.91. The maximum Gasteiger partial charge on any atom is 0.317 e. The normalized spacial score (nSPS) is 13.2. The Labute approximate surface area is 123 Å². The van der Waals surface area contributed by atoms with Crippen molar-refractivity contribution in [2.24, 2.45) is 5.92 Å². The van der Waals surface area contributed by atoms with Crippen molar-refractivity contribution in [1.82, 2.24) is 4.90 Å². The molecule has 1 heterocycles. The molecule has 1 aromatic heterocycles. The van der Waals surface area contributed by atoms with Gasteiger partial charge in [-0.1, -0.05) is 32.0 Å². The third kappa shape index (κ3) is 3.58. The molecule has 0 bridgehead atoms. The van der Waals surface area contributed by atoms with Crippen molar-refractivity contribution >= 4 is 27.4 Å². The quantitative estimate of drug-likeness (QED) is 0.874. The minimum absolute atomic E-state index is 0.0909. The van der Waals surface area contributed by atoms with Crippen molar-refractivity contribution in [2.75, 3.05) is 13.1 Å². The number of fused-ring (bicyclic) bond motifs is 1. The van der Waals surface area contributed by atoms with Crippen LogP contribution in [0.3, 0.4) is 0 Å². The van der Waals surface area contributed by atoms with E-state index >= 15 is 0 Å². The number of thiophene rings is 1. The van der Waals surface area contributed by atoms with Gasteiger partial charge in [0.05, 0.1) is 6.54 Å². The molecule has 1 atom stereocenters. The van der Waals surface area contributed by atoms with Gasteiger partial charge in [0.1, 0.15) is 0 Å². The first kappa shape index (κ1) is 15.0. The molecule has 0 fully saturated rings. The van der Waals surface area contributed by atoms with E-state index in [1.165, 1.54) is 15.0 Å². The molecule has 3 nitrogen and oxygen atoms in total. The van der Waals surface area contributed by atoms with Crippen LogP contribution >= 0.6 is 11.3 Å². The minimum atomic E-state index is -0.765. The third-order valence-electron chi connectivity index (χ3n) is 3.34. The first-order valence-corrected chi connectivity index (χ1v) is 7.73. The highest BCUT2D eigenvalue weighted by atomic mass is 32.1. The van der Waals surface area contributed by atoms with E-state index in [9.17, 15) is 4.79 Å². The van der Waals surface area contributed by atoms with E-state index in [1.807, 2.05) is 17.0 Å². The minimum Gasteiger partial charge on any atom is -0.480 e. The smallest absolute Gasteiger partial charge is 0.317 e. The molecule has 108 valence electrons. The Morgan fingerprint density at radius 2 is 2.00 bits per heavy atom. The second kappa shape index (κ2) is 6.37. The molecule has 0 spiro atoms. The molecule has 1 N–H and O–H groups in total. The second-order valence-corrected chi connectivity index (χ2v) is 6.69. The Kier molecular flexibility index (Phi) is 4.78. The fourth-order valence-electron chi connectivity index (χ4n) is 2.39. The lowest BCUT2D eigenvalue weighted by Gasteiger charge is -2.28. The molecular weight excluding hydrogens is 270 g/mol. The first-order chi connectivity index (χ1) is 9.47. The van der Waals surface area contributed by atoms with Gasteiger partial charge in [0.15, 0.2) is 0 Å². The zero-order valence-electron chi connectivity index (χ0n) is 12.2. The van der Waals surface area contributed by atoms with Crippen LogP contribution in [0.1, 0.15) is 31.7 Å². The summed E-state index contributed by atoms with van der Waals surface area (Å²) >= 11 is 1.75. The van der Waals surface area contributed by atoms with Gasteiger partial charge in [0.25, 0.3) is 0 Å². The van der Waals surface area contributed by atoms with Gasteiger partial charge in [-0.2, -0.15) is 0 Å². The fourth-order valence-corrected chi connectivity index (χ4v) is 3.54. The summed E-state index contributed by atoms with van der Waals surface area (Å²) in [5, 5.41) is 10.3. The lowest BCUT2D eigenvalue weighted by Crippen LogP contribution is -2.34. The van der Waals surface area contributed by atoms with Gasteiger partial charge in [0.2, 0.25) is 0 Å². The zero-order valence-corrected chi connectivity index (χ0v) is 13.0. The van der Waals surface area contributed by atoms with E-state index in [1.54, 1.807) is 11.3 Å². The Bertz CT molecular complexity index is 558. The van der Waals surface area contributed by atoms with E-state index in [-0.39, 0.29) is 12.6 Å². The largest absolute Gasteiger partial charge is 0.480 e. The molecular formula is C16H21NO2S. The van der Waals surface area contributed by atoms with Crippen molar-refractivity contribution in [3.8, 4) is 0 Å². The highest BCUT2D eigenvalue weighted by molar-refractivity contribution is 7.19. The van der Waals surface area contributed by atoms with Crippen LogP contribution in [0.4, 0.5) is 0 Å². The van der Waals surface area contributed by atoms with Crippen LogP contribution in [-0.4, -0.2) is 29.1 Å². The number of rotatable bonds is 6. The molecule has 0 saturated heterocycles. The van der Waals surface area contributed by atoms with Crippen molar-refractivity contribution in [3.05, 3.63) is 35.2 Å². The van der Waals surface area contributed by atoms with E-state index in [2.05, 4.69) is 39.0 Å². The van der Waals surface area contributed by atoms with Crippen molar-refractivity contribution in [1.29, 1.82) is 0 Å². The average molecular weight is 291 g/mol. The summed E-state index contributed by atoms with van der Waals surface area (Å²) in [4.78, 5) is 14.3. The van der Waals surface area contributed by atoms with Gasteiger partial charge in [-0.15, -0.1) is 11.3 Å². The lowest BCUT2D eigenvalue weighted by molar-refractivity contribution is -0.139. The van der Waals surface area contributed by atoms with Crippen LogP contribution < -0.4 is 0 Å². The standard InChI is InChI=1S/C16H21NO2S/c1-11(2)9-17(10-16(18)19)12(3)15-8-13-6-4-5-7-14(13)20-15/h4-8,11-12H,9-10H2,1-3H3,(H,18,19). The Morgan fingerprint density at radius 1 is 1.30 bits per heavy atom. The molecule has 0 aliphatic heterocycles. The Hall–Kier alpha value is -1.39. The number of carboxylic acid groups (broad SMARTS) is 1. The number of nitrogens with zero attached hydrogens (tertiary/aromatic N) is 1. The van der Waals surface area contributed by atoms with E-state index in [0.717, 1.165) is 6.54 Å². The number of hydrogen-bond acceptors (Lipinski definition) is 3. The van der Waals surface area contributed by atoms with Crippen LogP contribution in [0.25, 0.3) is 10.1 Å². The molecule has 0 radical (unpaired) electrons. The number of hydrogen-bond donors (Lipinski definition) is 1. The molecule has 2 aromatic rings. The van der Waals surface area contributed by atoms with E-state index in [0.29, 0.717) is 5.92 Å². The van der Waals surface area contributed by atoms with Crippen LogP contribution in [0.5, 0.6) is 0 Å². The van der Waals surface area contributed by atoms with Crippen molar-refractivity contribution in [2.45, 2.75) is 26.8 Å². The number of aliphatic carboxylic acids is 1. The highest BCUT2D eigenvalue weighted by Gasteiger charge is 2.21. The van der Waals surface area contributed by atoms with Crippen LogP contribution in [-0.2, 0) is 4.79 Å². The molecule has 1 unspecified atom stereocenters. The van der Waals surface area contributed by atoms with Crippen LogP contribution in [0.15, 0.2) is 30.3 Å². The Balaban J connectivity index is 2.25. The number of benzene rings is 1. The molecule has 0 amide bonds. The summed E-state index contributed by atoms with van der Waals surface area (Å²) in [7, 11) is 0. The number of carboxylic acids is 1. The Morgan fingerprint density at radius 3 is 2.60 bits per heavy atom. The predicted octanol–water partition coefficient (Wildman–Crippen LogP) is 4.00. The summed E-state index contributed by atoms with van der Waals surface area (Å²) in [6.45, 7) is 7.21. The lowest BCUT2D eigenvalue weighted by atomic mass is 10.1. The third-order valence-corrected chi connectivity index (χ3v) is 4.63. The molecule has 20 heavy (non-hydrogen) atoms. The maximum atomic E-state index is 11.1. The summed E-state index contributed by atoms with van der Waals surface area (Å²) in [5.41, 5.74) is 0. The zero-order chi connectivity index (χ0) is 14.7. The van der Waals surface area contributed by atoms with E-state index < -0.39 is 5.97 Å². The molecule has 2 rings (SSSR count). The average Bonchev–Trinajstić information content (AvgIpc) is 2.79. The SMILES string of the molecule is CC(C)CN(CC(=O)O)C(C)c1cc2ccccc2s1. The van der Waals surface area contributed by atoms with Gasteiger partial charge in [-0.25, -0.2) is 0 Å². The van der Waals surface area contributed by atoms with Gasteiger partial charge >= 0.3 is 5.97 Å². The van der Waals surface area contributed by atoms with Gasteiger partial charge in [0, 0.05) is 22.2 Å². The van der Waals surface area contributed by atoms with E-state index in [4.69, 9.17) is 5.11 Å². The van der Waals surface area contributed by atoms with Gasteiger partial charge in [-0.3, -0.25) is 9.69 Å². The molecule has 0 saturated carbocycles. The molecule has 0 aliphatic carbocycles. The van der Waals surface area contributed by atoms with Crippen LogP contribution in [0, 0.1) is 5.92 Å². The summed E-state index contributed by atoms with van der Waals surface area (Å²) < 4.78 is 1.26. The molecule has 0 aliphatic rings. The van der Waals surface area contributed by atoms with Crippen molar-refractivity contribution < 1.29 is 9.90 Å². The monoisotopic (exact) mass is 291 g/mol. The number of carbonyl (C=O) groups is 1. The summed E-state index contributed by atoms with van der Waals surface area (Å²) in [5.74, 6) is -0.315. The van der Waals surface area contributed by atoms with Gasteiger partial charge in [-0.05, 0) is 30.4 Å². The van der Waals surface area contributed by atoms with Gasteiger partial charge < -0.3 is 5.11 Å². The summed E-state index contributed by atoms with van der Waals surface area (Å²) in [6.07, 6.45) is 0. The van der Waals surface area contributed by atoms with Crippen molar-refractivity contribution in [3.63, 3.8) is 0 Å². The van der Waals surface area contributed by atoms with Crippen LogP contribution in [0.2, 0.25) is 0 Å².